The van der Waals surface area contributed by atoms with Gasteiger partial charge < -0.3 is 14.7 Å². The summed E-state index contributed by atoms with van der Waals surface area (Å²) >= 11 is -2.27. The van der Waals surface area contributed by atoms with Crippen LogP contribution in [0.1, 0.15) is 26.2 Å². The highest BCUT2D eigenvalue weighted by molar-refractivity contribution is 7.80. The molecule has 96 valence electrons. The van der Waals surface area contributed by atoms with E-state index in [1.165, 1.54) is 12.8 Å². The second-order valence-corrected chi connectivity index (χ2v) is 4.35. The van der Waals surface area contributed by atoms with Crippen LogP contribution in [-0.2, 0) is 11.3 Å². The van der Waals surface area contributed by atoms with E-state index in [-0.39, 0.29) is 0 Å². The molecule has 0 heterocycles. The van der Waals surface area contributed by atoms with Gasteiger partial charge in [0.1, 0.15) is 0 Å². The quantitative estimate of drug-likeness (QED) is 0.378. The van der Waals surface area contributed by atoms with Crippen LogP contribution in [0.15, 0.2) is 24.3 Å². The van der Waals surface area contributed by atoms with Crippen LogP contribution in [0.2, 0.25) is 0 Å². The van der Waals surface area contributed by atoms with E-state index in [1.807, 2.05) is 12.1 Å². The summed E-state index contributed by atoms with van der Waals surface area (Å²) in [7, 11) is 0. The predicted octanol–water partition coefficient (Wildman–Crippen LogP) is 2.00. The largest absolute Gasteiger partial charge is 0.755 e. The summed E-state index contributed by atoms with van der Waals surface area (Å²) in [5, 5.41) is 0. The summed E-state index contributed by atoms with van der Waals surface area (Å²) < 4.78 is 23.1. The van der Waals surface area contributed by atoms with E-state index >= 15 is 0 Å². The number of unbranched alkanes of at least 4 members (excludes halogenated alkanes) is 2. The van der Waals surface area contributed by atoms with Gasteiger partial charge in [-0.25, -0.2) is 5.43 Å². The van der Waals surface area contributed by atoms with Gasteiger partial charge in [-0.15, -0.1) is 0 Å². The minimum absolute atomic E-state index is 0.551. The predicted molar refractivity (Wildman–Crippen MR) is 70.1 cm³/mol. The van der Waals surface area contributed by atoms with Crippen molar-refractivity contribution in [1.82, 2.24) is 5.43 Å². The van der Waals surface area contributed by atoms with Gasteiger partial charge in [0.2, 0.25) is 0 Å². The fourth-order valence-corrected chi connectivity index (χ4v) is 1.67. The van der Waals surface area contributed by atoms with Gasteiger partial charge in [-0.05, 0) is 30.7 Å². The normalized spacial score (nSPS) is 12.1. The Bertz CT molecular complexity index is 343. The summed E-state index contributed by atoms with van der Waals surface area (Å²) in [6.07, 6.45) is 3.56. The Balaban J connectivity index is 2.28. The summed E-state index contributed by atoms with van der Waals surface area (Å²) in [5.41, 5.74) is 7.61. The first-order valence-electron chi connectivity index (χ1n) is 5.67. The first-order valence-corrected chi connectivity index (χ1v) is 6.74. The SMILES string of the molecule is CCCCCNNc1ccc(NS(=O)[O-])cc1. The second-order valence-electron chi connectivity index (χ2n) is 3.67. The minimum atomic E-state index is -2.27. The molecular formula is C11H18N3O2S-. The Hall–Kier alpha value is -1.11. The number of hydrazine groups is 1. The topological polar surface area (TPSA) is 76.2 Å². The Labute approximate surface area is 104 Å². The lowest BCUT2D eigenvalue weighted by Gasteiger charge is -2.11. The Morgan fingerprint density at radius 1 is 1.18 bits per heavy atom. The van der Waals surface area contributed by atoms with Crippen LogP contribution >= 0.6 is 0 Å². The third-order valence-corrected chi connectivity index (χ3v) is 2.63. The van der Waals surface area contributed by atoms with E-state index in [0.717, 1.165) is 18.7 Å². The van der Waals surface area contributed by atoms with Crippen LogP contribution in [0.25, 0.3) is 0 Å². The van der Waals surface area contributed by atoms with Gasteiger partial charge in [0.15, 0.2) is 0 Å². The summed E-state index contributed by atoms with van der Waals surface area (Å²) in [6, 6.07) is 7.02. The van der Waals surface area contributed by atoms with Crippen molar-refractivity contribution in [3.05, 3.63) is 24.3 Å². The fourth-order valence-electron chi connectivity index (χ4n) is 1.35. The molecule has 3 N–H and O–H groups in total. The molecule has 5 nitrogen and oxygen atoms in total. The molecule has 1 aromatic rings. The molecule has 17 heavy (non-hydrogen) atoms. The molecular weight excluding hydrogens is 238 g/mol. The molecule has 0 radical (unpaired) electrons. The van der Waals surface area contributed by atoms with Crippen molar-refractivity contribution in [3.8, 4) is 0 Å². The molecule has 1 rings (SSSR count). The van der Waals surface area contributed by atoms with Crippen LogP contribution in [0.3, 0.4) is 0 Å². The number of nitrogens with one attached hydrogen (secondary N) is 3. The average molecular weight is 256 g/mol. The summed E-state index contributed by atoms with van der Waals surface area (Å²) in [4.78, 5) is 0. The highest BCUT2D eigenvalue weighted by atomic mass is 32.2. The molecule has 0 saturated heterocycles. The molecule has 0 aromatic heterocycles. The number of hydrogen-bond donors (Lipinski definition) is 3. The lowest BCUT2D eigenvalue weighted by Crippen LogP contribution is -2.22. The highest BCUT2D eigenvalue weighted by Crippen LogP contribution is 2.12. The molecule has 1 aromatic carbocycles. The van der Waals surface area contributed by atoms with Crippen molar-refractivity contribution in [2.45, 2.75) is 26.2 Å². The number of hydrogen-bond acceptors (Lipinski definition) is 4. The third kappa shape index (κ3) is 6.25. The maximum atomic E-state index is 10.4. The van der Waals surface area contributed by atoms with Crippen LogP contribution in [-0.4, -0.2) is 15.3 Å². The van der Waals surface area contributed by atoms with Crippen LogP contribution in [0, 0.1) is 0 Å². The van der Waals surface area contributed by atoms with E-state index in [0.29, 0.717) is 5.69 Å². The molecule has 0 aliphatic heterocycles. The van der Waals surface area contributed by atoms with Crippen LogP contribution in [0.4, 0.5) is 11.4 Å². The third-order valence-electron chi connectivity index (χ3n) is 2.22. The molecule has 0 amide bonds. The molecule has 1 unspecified atom stereocenters. The van der Waals surface area contributed by atoms with Crippen molar-refractivity contribution in [2.24, 2.45) is 0 Å². The van der Waals surface area contributed by atoms with Gasteiger partial charge in [-0.1, -0.05) is 19.8 Å². The molecule has 0 aliphatic carbocycles. The zero-order valence-electron chi connectivity index (χ0n) is 9.86. The Kier molecular flexibility index (Phi) is 6.61. The van der Waals surface area contributed by atoms with Gasteiger partial charge in [0, 0.05) is 29.2 Å². The van der Waals surface area contributed by atoms with E-state index in [1.54, 1.807) is 12.1 Å². The van der Waals surface area contributed by atoms with Gasteiger partial charge in [0.05, 0.1) is 0 Å². The van der Waals surface area contributed by atoms with E-state index < -0.39 is 11.3 Å². The first kappa shape index (κ1) is 14.0. The van der Waals surface area contributed by atoms with Crippen LogP contribution < -0.4 is 15.6 Å². The molecule has 1 atom stereocenters. The number of anilines is 2. The smallest absolute Gasteiger partial charge is 0.0489 e. The zero-order chi connectivity index (χ0) is 12.5. The van der Waals surface area contributed by atoms with Crippen molar-refractivity contribution in [3.63, 3.8) is 0 Å². The average Bonchev–Trinajstić information content (AvgIpc) is 2.30. The molecule has 0 bridgehead atoms. The monoisotopic (exact) mass is 256 g/mol. The van der Waals surface area contributed by atoms with Crippen molar-refractivity contribution < 1.29 is 8.76 Å². The zero-order valence-corrected chi connectivity index (χ0v) is 10.7. The summed E-state index contributed by atoms with van der Waals surface area (Å²) in [6.45, 7) is 3.08. The lowest BCUT2D eigenvalue weighted by atomic mass is 10.2. The lowest BCUT2D eigenvalue weighted by molar-refractivity contribution is 0.542. The standard InChI is InChI=1S/C11H19N3O2S/c1-2-3-4-9-12-13-10-5-7-11(8-6-10)14-17(15)16/h5-8,12-14H,2-4,9H2,1H3,(H,15,16)/p-1. The van der Waals surface area contributed by atoms with E-state index in [4.69, 9.17) is 0 Å². The van der Waals surface area contributed by atoms with Crippen molar-refractivity contribution in [1.29, 1.82) is 0 Å². The molecule has 0 aliphatic rings. The van der Waals surface area contributed by atoms with Gasteiger partial charge in [-0.3, -0.25) is 4.21 Å². The van der Waals surface area contributed by atoms with Crippen molar-refractivity contribution in [2.75, 3.05) is 16.7 Å². The van der Waals surface area contributed by atoms with Gasteiger partial charge in [0.25, 0.3) is 0 Å². The van der Waals surface area contributed by atoms with Gasteiger partial charge in [-0.2, -0.15) is 0 Å². The van der Waals surface area contributed by atoms with E-state index in [9.17, 15) is 8.76 Å². The molecule has 0 fully saturated rings. The van der Waals surface area contributed by atoms with E-state index in [2.05, 4.69) is 22.5 Å². The molecule has 0 saturated carbocycles. The fraction of sp³-hybridized carbons (Fsp3) is 0.455. The first-order chi connectivity index (χ1) is 8.22. The van der Waals surface area contributed by atoms with Crippen LogP contribution in [0.5, 0.6) is 0 Å². The maximum absolute atomic E-state index is 10.4. The number of rotatable bonds is 8. The maximum Gasteiger partial charge on any atom is 0.0489 e. The van der Waals surface area contributed by atoms with Gasteiger partial charge >= 0.3 is 0 Å². The summed E-state index contributed by atoms with van der Waals surface area (Å²) in [5.74, 6) is 0. The molecule has 6 heteroatoms. The second kappa shape index (κ2) is 8.05. The van der Waals surface area contributed by atoms with Crippen molar-refractivity contribution >= 4 is 22.6 Å². The molecule has 0 spiro atoms. The number of benzene rings is 1. The minimum Gasteiger partial charge on any atom is -0.755 e. The Morgan fingerprint density at radius 2 is 1.82 bits per heavy atom. The Morgan fingerprint density at radius 3 is 2.41 bits per heavy atom. The highest BCUT2D eigenvalue weighted by Gasteiger charge is 1.93.